The van der Waals surface area contributed by atoms with Crippen LogP contribution < -0.4 is 5.73 Å². The van der Waals surface area contributed by atoms with E-state index in [1.807, 2.05) is 22.9 Å². The van der Waals surface area contributed by atoms with Gasteiger partial charge >= 0.3 is 0 Å². The van der Waals surface area contributed by atoms with Crippen LogP contribution in [0.4, 0.5) is 0 Å². The molecule has 0 unspecified atom stereocenters. The molecule has 0 saturated heterocycles. The van der Waals surface area contributed by atoms with Gasteiger partial charge < -0.3 is 10.1 Å². The van der Waals surface area contributed by atoms with Crippen LogP contribution in [0.5, 0.6) is 0 Å². The van der Waals surface area contributed by atoms with Crippen molar-refractivity contribution in [3.63, 3.8) is 0 Å². The molecule has 0 bridgehead atoms. The minimum Gasteiger partial charge on any atom is -0.393 e. The zero-order valence-corrected chi connectivity index (χ0v) is 8.85. The van der Waals surface area contributed by atoms with Crippen molar-refractivity contribution in [3.05, 3.63) is 35.2 Å². The molecule has 2 N–H and O–H groups in total. The Hall–Kier alpha value is -1.13. The fraction of sp³-hybridized carbons (Fsp3) is 0.111. The molecular formula is C9H8ClN3S. The fourth-order valence-corrected chi connectivity index (χ4v) is 1.65. The van der Waals surface area contributed by atoms with Crippen molar-refractivity contribution in [1.29, 1.82) is 0 Å². The monoisotopic (exact) mass is 225 g/mol. The van der Waals surface area contributed by atoms with Gasteiger partial charge in [-0.1, -0.05) is 23.8 Å². The van der Waals surface area contributed by atoms with Gasteiger partial charge in [0.1, 0.15) is 0 Å². The Labute approximate surface area is 91.5 Å². The Morgan fingerprint density at radius 1 is 1.64 bits per heavy atom. The fourth-order valence-electron chi connectivity index (χ4n) is 1.29. The first-order valence-electron chi connectivity index (χ1n) is 4.07. The number of halogens is 1. The van der Waals surface area contributed by atoms with Crippen molar-refractivity contribution >= 4 is 34.5 Å². The van der Waals surface area contributed by atoms with E-state index in [1.165, 1.54) is 0 Å². The van der Waals surface area contributed by atoms with E-state index in [-0.39, 0.29) is 0 Å². The molecule has 0 saturated carbocycles. The first-order valence-corrected chi connectivity index (χ1v) is 4.86. The summed E-state index contributed by atoms with van der Waals surface area (Å²) >= 11 is 10.8. The van der Waals surface area contributed by atoms with Crippen molar-refractivity contribution in [3.8, 4) is 0 Å². The molecule has 3 nitrogen and oxygen atoms in total. The number of imidazole rings is 1. The summed E-state index contributed by atoms with van der Waals surface area (Å²) in [5.41, 5.74) is 7.01. The first-order chi connectivity index (χ1) is 6.66. The van der Waals surface area contributed by atoms with E-state index in [0.717, 1.165) is 11.3 Å². The van der Waals surface area contributed by atoms with Gasteiger partial charge in [-0.2, -0.15) is 0 Å². The van der Waals surface area contributed by atoms with Gasteiger partial charge in [-0.3, -0.25) is 0 Å². The second-order valence-corrected chi connectivity index (χ2v) is 3.89. The number of thiocarbonyl (C=S) groups is 1. The summed E-state index contributed by atoms with van der Waals surface area (Å²) in [6.07, 6.45) is 4.27. The summed E-state index contributed by atoms with van der Waals surface area (Å²) < 4.78 is 1.86. The highest BCUT2D eigenvalue weighted by Gasteiger charge is 2.04. The zero-order chi connectivity index (χ0) is 10.1. The number of rotatable bonds is 2. The third-order valence-electron chi connectivity index (χ3n) is 1.84. The van der Waals surface area contributed by atoms with Gasteiger partial charge in [0.25, 0.3) is 0 Å². The molecule has 2 aromatic heterocycles. The minimum absolute atomic E-state index is 0.435. The first kappa shape index (κ1) is 9.43. The molecule has 72 valence electrons. The number of pyridine rings is 1. The summed E-state index contributed by atoms with van der Waals surface area (Å²) in [5.74, 6) is 0. The highest BCUT2D eigenvalue weighted by atomic mass is 35.5. The number of nitrogens with zero attached hydrogens (tertiary/aromatic N) is 2. The second-order valence-electron chi connectivity index (χ2n) is 2.96. The van der Waals surface area contributed by atoms with Crippen LogP contribution in [0.1, 0.15) is 5.69 Å². The molecule has 0 atom stereocenters. The van der Waals surface area contributed by atoms with Crippen LogP contribution in [0.25, 0.3) is 5.65 Å². The third kappa shape index (κ3) is 1.71. The van der Waals surface area contributed by atoms with Crippen molar-refractivity contribution in [2.75, 3.05) is 0 Å². The third-order valence-corrected chi connectivity index (χ3v) is 2.28. The highest BCUT2D eigenvalue weighted by Crippen LogP contribution is 2.16. The smallest absolute Gasteiger partial charge is 0.155 e. The Kier molecular flexibility index (Phi) is 2.39. The lowest BCUT2D eigenvalue weighted by atomic mass is 10.3. The topological polar surface area (TPSA) is 43.3 Å². The van der Waals surface area contributed by atoms with Crippen LogP contribution in [0.3, 0.4) is 0 Å². The molecule has 2 rings (SSSR count). The summed E-state index contributed by atoms with van der Waals surface area (Å²) in [6, 6.07) is 3.66. The largest absolute Gasteiger partial charge is 0.393 e. The van der Waals surface area contributed by atoms with E-state index in [0.29, 0.717) is 16.4 Å². The Balaban J connectivity index is 2.51. The number of fused-ring (bicyclic) bond motifs is 1. The summed E-state index contributed by atoms with van der Waals surface area (Å²) in [4.78, 5) is 4.75. The molecule has 0 amide bonds. The van der Waals surface area contributed by atoms with E-state index in [2.05, 4.69) is 4.98 Å². The van der Waals surface area contributed by atoms with Crippen molar-refractivity contribution in [2.24, 2.45) is 5.73 Å². The summed E-state index contributed by atoms with van der Waals surface area (Å²) in [5, 5.41) is 0.627. The Morgan fingerprint density at radius 2 is 2.43 bits per heavy atom. The maximum Gasteiger partial charge on any atom is 0.155 e. The Bertz CT molecular complexity index is 492. The van der Waals surface area contributed by atoms with E-state index in [1.54, 1.807) is 6.07 Å². The lowest BCUT2D eigenvalue weighted by molar-refractivity contribution is 1.18. The van der Waals surface area contributed by atoms with Crippen molar-refractivity contribution in [2.45, 2.75) is 6.42 Å². The zero-order valence-electron chi connectivity index (χ0n) is 7.27. The molecular weight excluding hydrogens is 218 g/mol. The molecule has 0 aliphatic rings. The van der Waals surface area contributed by atoms with E-state index in [4.69, 9.17) is 29.6 Å². The lowest BCUT2D eigenvalue weighted by Gasteiger charge is -1.92. The number of hydrogen-bond acceptors (Lipinski definition) is 2. The summed E-state index contributed by atoms with van der Waals surface area (Å²) in [6.45, 7) is 0. The van der Waals surface area contributed by atoms with Gasteiger partial charge in [-0.25, -0.2) is 4.98 Å². The van der Waals surface area contributed by atoms with Crippen LogP contribution in [0.2, 0.25) is 5.02 Å². The molecule has 14 heavy (non-hydrogen) atoms. The van der Waals surface area contributed by atoms with Crippen molar-refractivity contribution in [1.82, 2.24) is 9.38 Å². The van der Waals surface area contributed by atoms with E-state index in [9.17, 15) is 0 Å². The molecule has 0 aliphatic heterocycles. The highest BCUT2D eigenvalue weighted by molar-refractivity contribution is 7.80. The average Bonchev–Trinajstić information content (AvgIpc) is 2.47. The van der Waals surface area contributed by atoms with Gasteiger partial charge in [0.15, 0.2) is 5.65 Å². The van der Waals surface area contributed by atoms with Crippen LogP contribution in [0.15, 0.2) is 24.5 Å². The van der Waals surface area contributed by atoms with Gasteiger partial charge in [0.05, 0.1) is 15.7 Å². The van der Waals surface area contributed by atoms with Crippen molar-refractivity contribution < 1.29 is 0 Å². The van der Waals surface area contributed by atoms with E-state index >= 15 is 0 Å². The standard InChI is InChI=1S/C9H8ClN3S/c10-7-2-1-3-13-5-6(4-8(11)14)12-9(7)13/h1-3,5H,4H2,(H2,11,14). The number of nitrogens with two attached hydrogens (primary N) is 1. The normalized spacial score (nSPS) is 10.6. The molecule has 2 aromatic rings. The number of aromatic nitrogens is 2. The average molecular weight is 226 g/mol. The van der Waals surface area contributed by atoms with Crippen LogP contribution in [0, 0.1) is 0 Å². The molecule has 0 radical (unpaired) electrons. The van der Waals surface area contributed by atoms with Crippen LogP contribution in [-0.4, -0.2) is 14.4 Å². The predicted molar refractivity (Wildman–Crippen MR) is 60.7 cm³/mol. The van der Waals surface area contributed by atoms with Gasteiger partial charge in [-0.05, 0) is 12.1 Å². The summed E-state index contributed by atoms with van der Waals surface area (Å²) in [7, 11) is 0. The van der Waals surface area contributed by atoms with Gasteiger partial charge in [0, 0.05) is 18.8 Å². The molecule has 2 heterocycles. The predicted octanol–water partition coefficient (Wildman–Crippen LogP) is 1.82. The second kappa shape index (κ2) is 3.55. The molecule has 0 aromatic carbocycles. The number of hydrogen-bond donors (Lipinski definition) is 1. The van der Waals surface area contributed by atoms with Crippen LogP contribution in [-0.2, 0) is 6.42 Å². The van der Waals surface area contributed by atoms with Gasteiger partial charge in [0.2, 0.25) is 0 Å². The molecule has 0 aliphatic carbocycles. The lowest BCUT2D eigenvalue weighted by Crippen LogP contribution is -2.11. The van der Waals surface area contributed by atoms with Crippen LogP contribution >= 0.6 is 23.8 Å². The SMILES string of the molecule is NC(=S)Cc1cn2cccc(Cl)c2n1. The quantitative estimate of drug-likeness (QED) is 0.793. The minimum atomic E-state index is 0.435. The maximum atomic E-state index is 5.96. The maximum absolute atomic E-state index is 5.96. The van der Waals surface area contributed by atoms with Gasteiger partial charge in [-0.15, -0.1) is 0 Å². The molecule has 0 spiro atoms. The van der Waals surface area contributed by atoms with E-state index < -0.39 is 0 Å². The molecule has 5 heteroatoms. The molecule has 0 fully saturated rings. The Morgan fingerprint density at radius 3 is 3.07 bits per heavy atom.